The van der Waals surface area contributed by atoms with Crippen LogP contribution in [0.4, 0.5) is 0 Å². The van der Waals surface area contributed by atoms with Gasteiger partial charge in [-0.1, -0.05) is 51.4 Å². The highest BCUT2D eigenvalue weighted by Gasteiger charge is 2.38. The summed E-state index contributed by atoms with van der Waals surface area (Å²) in [5.74, 6) is 0. The maximum absolute atomic E-state index is 5.59. The lowest BCUT2D eigenvalue weighted by molar-refractivity contribution is 0.119. The first kappa shape index (κ1) is 34.1. The number of nitrogens with zero attached hydrogens (tertiary/aromatic N) is 1. The van der Waals surface area contributed by atoms with Crippen LogP contribution < -0.4 is 5.73 Å². The van der Waals surface area contributed by atoms with Crippen LogP contribution in [0.2, 0.25) is 12.1 Å². The van der Waals surface area contributed by atoms with Crippen molar-refractivity contribution < 1.29 is 26.6 Å². The molecule has 8 nitrogen and oxygen atoms in total. The van der Waals surface area contributed by atoms with E-state index in [9.17, 15) is 0 Å². The fourth-order valence-electron chi connectivity index (χ4n) is 4.38. The molecule has 0 aromatic rings. The molecule has 0 radical (unpaired) electrons. The van der Waals surface area contributed by atoms with Crippen molar-refractivity contribution in [2.24, 2.45) is 5.73 Å². The van der Waals surface area contributed by atoms with Crippen molar-refractivity contribution in [2.45, 2.75) is 89.1 Å². The summed E-state index contributed by atoms with van der Waals surface area (Å²) in [7, 11) is 5.06. The van der Waals surface area contributed by atoms with E-state index in [2.05, 4.69) is 4.90 Å². The summed E-state index contributed by atoms with van der Waals surface area (Å²) in [5, 5.41) is 0. The number of rotatable bonds is 26. The zero-order valence-electron chi connectivity index (χ0n) is 23.2. The third kappa shape index (κ3) is 15.3. The Kier molecular flexibility index (Phi) is 22.4. The summed E-state index contributed by atoms with van der Waals surface area (Å²) in [6, 6.07) is 1.65. The molecule has 0 atom stereocenters. The Hall–Kier alpha value is 0.114. The van der Waals surface area contributed by atoms with Crippen LogP contribution >= 0.6 is 0 Å². The Morgan fingerprint density at radius 2 is 0.735 bits per heavy atom. The van der Waals surface area contributed by atoms with E-state index < -0.39 is 17.6 Å². The Morgan fingerprint density at radius 1 is 0.441 bits per heavy atom. The molecular weight excluding hydrogens is 468 g/mol. The van der Waals surface area contributed by atoms with Crippen molar-refractivity contribution in [3.63, 3.8) is 0 Å². The van der Waals surface area contributed by atoms with Crippen LogP contribution in [0.15, 0.2) is 0 Å². The molecule has 0 aromatic heterocycles. The van der Waals surface area contributed by atoms with E-state index in [1.165, 1.54) is 64.2 Å². The summed E-state index contributed by atoms with van der Waals surface area (Å²) < 4.78 is 33.5. The second kappa shape index (κ2) is 22.3. The molecule has 2 N–H and O–H groups in total. The van der Waals surface area contributed by atoms with Crippen LogP contribution in [0.1, 0.15) is 77.0 Å². The van der Waals surface area contributed by atoms with Gasteiger partial charge in [-0.15, -0.1) is 0 Å². The number of hydrogen-bond donors (Lipinski definition) is 1. The Bertz CT molecular complexity index is 401. The van der Waals surface area contributed by atoms with Gasteiger partial charge in [0.25, 0.3) is 0 Å². The minimum absolute atomic E-state index is 0.825. The van der Waals surface area contributed by atoms with Gasteiger partial charge >= 0.3 is 17.6 Å². The summed E-state index contributed by atoms with van der Waals surface area (Å²) >= 11 is 0. The van der Waals surface area contributed by atoms with E-state index in [1.54, 1.807) is 42.7 Å². The van der Waals surface area contributed by atoms with Crippen molar-refractivity contribution in [1.82, 2.24) is 4.90 Å². The second-order valence-electron chi connectivity index (χ2n) is 8.96. The van der Waals surface area contributed by atoms with Gasteiger partial charge in [-0.25, -0.2) is 0 Å². The maximum atomic E-state index is 5.59. The zero-order chi connectivity index (χ0) is 25.5. The molecule has 0 heterocycles. The summed E-state index contributed by atoms with van der Waals surface area (Å²) in [6.07, 6.45) is 15.1. The predicted octanol–water partition coefficient (Wildman–Crippen LogP) is 4.68. The Balaban J connectivity index is 4.38. The molecule has 0 aromatic carbocycles. The van der Waals surface area contributed by atoms with E-state index in [-0.39, 0.29) is 0 Å². The molecule has 0 saturated carbocycles. The van der Waals surface area contributed by atoms with Gasteiger partial charge < -0.3 is 37.2 Å². The molecule has 206 valence electrons. The molecule has 0 bridgehead atoms. The molecule has 0 saturated heterocycles. The molecule has 0 unspecified atom stereocenters. The Morgan fingerprint density at radius 3 is 1.06 bits per heavy atom. The normalized spacial score (nSPS) is 12.7. The summed E-state index contributed by atoms with van der Waals surface area (Å²) in [5.41, 5.74) is 5.56. The highest BCUT2D eigenvalue weighted by atomic mass is 28.4. The Labute approximate surface area is 212 Å². The molecule has 0 aliphatic carbocycles. The monoisotopic (exact) mass is 524 g/mol. The van der Waals surface area contributed by atoms with Gasteiger partial charge in [-0.2, -0.15) is 0 Å². The number of hydrogen-bond acceptors (Lipinski definition) is 8. The minimum Gasteiger partial charge on any atom is -0.377 e. The molecule has 0 fully saturated rings. The van der Waals surface area contributed by atoms with E-state index in [0.717, 1.165) is 51.1 Å². The van der Waals surface area contributed by atoms with Crippen molar-refractivity contribution in [2.75, 3.05) is 68.8 Å². The van der Waals surface area contributed by atoms with E-state index in [4.69, 9.17) is 32.3 Å². The lowest BCUT2D eigenvalue weighted by Gasteiger charge is -2.28. The molecular formula is C24H56N2O6Si2. The zero-order valence-corrected chi connectivity index (χ0v) is 25.2. The second-order valence-corrected chi connectivity index (χ2v) is 15.1. The summed E-state index contributed by atoms with van der Waals surface area (Å²) in [6.45, 7) is 3.96. The summed E-state index contributed by atoms with van der Waals surface area (Å²) in [4.78, 5) is 2.55. The first-order valence-electron chi connectivity index (χ1n) is 13.2. The molecule has 0 amide bonds. The lowest BCUT2D eigenvalue weighted by Crippen LogP contribution is -2.44. The predicted molar refractivity (Wildman–Crippen MR) is 144 cm³/mol. The van der Waals surface area contributed by atoms with Crippen LogP contribution in [-0.4, -0.2) is 91.3 Å². The first-order chi connectivity index (χ1) is 16.5. The van der Waals surface area contributed by atoms with Gasteiger partial charge in [0.1, 0.15) is 0 Å². The van der Waals surface area contributed by atoms with Gasteiger partial charge in [-0.05, 0) is 51.9 Å². The van der Waals surface area contributed by atoms with Crippen molar-refractivity contribution in [1.29, 1.82) is 0 Å². The van der Waals surface area contributed by atoms with Gasteiger partial charge in [0, 0.05) is 54.7 Å². The SMILES string of the molecule is CO[Si](CCCN(CCCCCCCCCCCCN)CCC[Si](OC)(OC)OC)(OC)OC. The topological polar surface area (TPSA) is 84.6 Å². The van der Waals surface area contributed by atoms with Crippen LogP contribution in [0.5, 0.6) is 0 Å². The van der Waals surface area contributed by atoms with E-state index in [0.29, 0.717) is 0 Å². The van der Waals surface area contributed by atoms with E-state index >= 15 is 0 Å². The van der Waals surface area contributed by atoms with Crippen LogP contribution in [0.25, 0.3) is 0 Å². The number of unbranched alkanes of at least 4 members (excludes halogenated alkanes) is 9. The third-order valence-corrected chi connectivity index (χ3v) is 12.4. The quantitative estimate of drug-likeness (QED) is 0.129. The van der Waals surface area contributed by atoms with Gasteiger partial charge in [0.05, 0.1) is 0 Å². The van der Waals surface area contributed by atoms with E-state index in [1.807, 2.05) is 0 Å². The van der Waals surface area contributed by atoms with Crippen LogP contribution in [0, 0.1) is 0 Å². The molecule has 34 heavy (non-hydrogen) atoms. The van der Waals surface area contributed by atoms with Gasteiger partial charge in [0.2, 0.25) is 0 Å². The average Bonchev–Trinajstić information content (AvgIpc) is 2.88. The third-order valence-electron chi connectivity index (χ3n) is 6.71. The molecule has 0 aliphatic rings. The largest absolute Gasteiger partial charge is 0.500 e. The molecule has 10 heteroatoms. The van der Waals surface area contributed by atoms with Crippen molar-refractivity contribution >= 4 is 17.6 Å². The number of nitrogens with two attached hydrogens (primary N) is 1. The highest BCUT2D eigenvalue weighted by molar-refractivity contribution is 6.60. The standard InChI is InChI=1S/C24H56N2O6Si2/c1-27-33(28-2,29-3)23-17-21-26(22-18-24-34(30-4,31-5)32-6)20-16-14-12-10-8-7-9-11-13-15-19-25/h7-25H2,1-6H3. The minimum atomic E-state index is -2.52. The van der Waals surface area contributed by atoms with Crippen LogP contribution in [-0.2, 0) is 26.6 Å². The maximum Gasteiger partial charge on any atom is 0.500 e. The van der Waals surface area contributed by atoms with Gasteiger partial charge in [-0.3, -0.25) is 0 Å². The molecule has 0 spiro atoms. The smallest absolute Gasteiger partial charge is 0.377 e. The molecule has 0 aliphatic heterocycles. The average molecular weight is 525 g/mol. The lowest BCUT2D eigenvalue weighted by atomic mass is 10.1. The van der Waals surface area contributed by atoms with Crippen molar-refractivity contribution in [3.8, 4) is 0 Å². The first-order valence-corrected chi connectivity index (χ1v) is 17.1. The fourth-order valence-corrected chi connectivity index (χ4v) is 7.79. The van der Waals surface area contributed by atoms with Crippen molar-refractivity contribution in [3.05, 3.63) is 0 Å². The highest BCUT2D eigenvalue weighted by Crippen LogP contribution is 2.18. The van der Waals surface area contributed by atoms with Gasteiger partial charge in [0.15, 0.2) is 0 Å². The molecule has 0 rings (SSSR count). The fraction of sp³-hybridized carbons (Fsp3) is 1.00. The van der Waals surface area contributed by atoms with Crippen LogP contribution in [0.3, 0.4) is 0 Å².